The number of halogens is 1. The van der Waals surface area contributed by atoms with E-state index in [1.807, 2.05) is 0 Å². The minimum Gasteiger partial charge on any atom is -0.408 e. The summed E-state index contributed by atoms with van der Waals surface area (Å²) in [7, 11) is 1.48. The Bertz CT molecular complexity index is 947. The van der Waals surface area contributed by atoms with E-state index in [2.05, 4.69) is 5.32 Å². The van der Waals surface area contributed by atoms with E-state index in [-0.39, 0.29) is 24.8 Å². The van der Waals surface area contributed by atoms with Crippen molar-refractivity contribution in [2.75, 3.05) is 13.7 Å². The maximum atomic E-state index is 13.3. The number of carbonyl (C=O) groups is 1. The summed E-state index contributed by atoms with van der Waals surface area (Å²) in [5, 5.41) is 2.69. The summed E-state index contributed by atoms with van der Waals surface area (Å²) in [5.74, 6) is -1.33. The first kappa shape index (κ1) is 16.9. The molecule has 0 fully saturated rings. The smallest absolute Gasteiger partial charge is 0.408 e. The highest BCUT2D eigenvalue weighted by Crippen LogP contribution is 2.17. The molecule has 1 unspecified atom stereocenters. The number of hydrogen-bond donors (Lipinski definition) is 1. The number of benzene rings is 2. The Morgan fingerprint density at radius 2 is 2.08 bits per heavy atom. The summed E-state index contributed by atoms with van der Waals surface area (Å²) in [4.78, 5) is 24.1. The molecule has 0 aliphatic carbocycles. The number of amides is 1. The van der Waals surface area contributed by atoms with E-state index in [0.717, 1.165) is 0 Å². The number of oxazole rings is 1. The van der Waals surface area contributed by atoms with Crippen molar-refractivity contribution in [1.82, 2.24) is 9.88 Å². The van der Waals surface area contributed by atoms with Crippen molar-refractivity contribution in [3.8, 4) is 0 Å². The fourth-order valence-electron chi connectivity index (χ4n) is 2.61. The minimum absolute atomic E-state index is 0.156. The zero-order valence-corrected chi connectivity index (χ0v) is 13.6. The number of hydrogen-bond acceptors (Lipinski definition) is 4. The molecule has 1 aromatic heterocycles. The van der Waals surface area contributed by atoms with E-state index in [4.69, 9.17) is 9.15 Å². The number of carbonyl (C=O) groups excluding carboxylic acids is 1. The van der Waals surface area contributed by atoms with E-state index in [0.29, 0.717) is 16.7 Å². The van der Waals surface area contributed by atoms with Gasteiger partial charge >= 0.3 is 5.76 Å². The molecule has 0 bridgehead atoms. The first-order valence-corrected chi connectivity index (χ1v) is 7.72. The number of nitrogens with zero attached hydrogens (tertiary/aromatic N) is 1. The standard InChI is InChI=1S/C18H17FN2O4/c1-24-16(12-5-4-6-13(19)9-12)10-20-17(22)11-21-14-7-2-3-8-15(14)25-18(21)23/h2-9,16H,10-11H2,1H3,(H,20,22). The van der Waals surface area contributed by atoms with Crippen molar-refractivity contribution in [3.05, 3.63) is 70.5 Å². The Hall–Kier alpha value is -2.93. The fourth-order valence-corrected chi connectivity index (χ4v) is 2.61. The topological polar surface area (TPSA) is 73.5 Å². The maximum absolute atomic E-state index is 13.3. The minimum atomic E-state index is -0.593. The molecule has 130 valence electrons. The molecule has 0 saturated heterocycles. The molecule has 6 nitrogen and oxygen atoms in total. The average Bonchev–Trinajstić information content (AvgIpc) is 2.91. The van der Waals surface area contributed by atoms with Crippen LogP contribution in [0.25, 0.3) is 11.1 Å². The quantitative estimate of drug-likeness (QED) is 0.744. The largest absolute Gasteiger partial charge is 0.420 e. The Morgan fingerprint density at radius 3 is 2.84 bits per heavy atom. The Labute approximate surface area is 142 Å². The monoisotopic (exact) mass is 344 g/mol. The van der Waals surface area contributed by atoms with Crippen LogP contribution >= 0.6 is 0 Å². The third kappa shape index (κ3) is 3.77. The Kier molecular flexibility index (Phi) is 4.95. The van der Waals surface area contributed by atoms with Gasteiger partial charge in [-0.3, -0.25) is 9.36 Å². The van der Waals surface area contributed by atoms with Crippen molar-refractivity contribution in [2.45, 2.75) is 12.6 Å². The van der Waals surface area contributed by atoms with Gasteiger partial charge in [0.05, 0.1) is 11.6 Å². The van der Waals surface area contributed by atoms with E-state index in [9.17, 15) is 14.0 Å². The summed E-state index contributed by atoms with van der Waals surface area (Å²) in [5.41, 5.74) is 1.60. The SMILES string of the molecule is COC(CNC(=O)Cn1c(=O)oc2ccccc21)c1cccc(F)c1. The van der Waals surface area contributed by atoms with Crippen LogP contribution in [0.3, 0.4) is 0 Å². The van der Waals surface area contributed by atoms with Crippen molar-refractivity contribution < 1.29 is 18.3 Å². The molecule has 25 heavy (non-hydrogen) atoms. The highest BCUT2D eigenvalue weighted by Gasteiger charge is 2.15. The van der Waals surface area contributed by atoms with Crippen molar-refractivity contribution in [1.29, 1.82) is 0 Å². The molecule has 0 aliphatic rings. The maximum Gasteiger partial charge on any atom is 0.420 e. The highest BCUT2D eigenvalue weighted by molar-refractivity contribution is 5.79. The molecule has 0 radical (unpaired) electrons. The zero-order chi connectivity index (χ0) is 17.8. The van der Waals surface area contributed by atoms with Crippen LogP contribution < -0.4 is 11.1 Å². The first-order valence-electron chi connectivity index (χ1n) is 7.72. The molecule has 7 heteroatoms. The molecule has 0 spiro atoms. The first-order chi connectivity index (χ1) is 12.1. The molecule has 1 amide bonds. The van der Waals surface area contributed by atoms with E-state index in [1.165, 1.54) is 23.8 Å². The van der Waals surface area contributed by atoms with E-state index in [1.54, 1.807) is 36.4 Å². The number of para-hydroxylation sites is 2. The molecule has 3 aromatic rings. The zero-order valence-electron chi connectivity index (χ0n) is 13.6. The van der Waals surface area contributed by atoms with Crippen LogP contribution in [0.1, 0.15) is 11.7 Å². The van der Waals surface area contributed by atoms with Gasteiger partial charge in [-0.1, -0.05) is 24.3 Å². The van der Waals surface area contributed by atoms with Crippen LogP contribution in [0, 0.1) is 5.82 Å². The molecular formula is C18H17FN2O4. The molecule has 1 N–H and O–H groups in total. The number of rotatable bonds is 6. The van der Waals surface area contributed by atoms with Crippen LogP contribution in [0.4, 0.5) is 4.39 Å². The molecule has 0 aliphatic heterocycles. The van der Waals surface area contributed by atoms with Crippen molar-refractivity contribution in [2.24, 2.45) is 0 Å². The van der Waals surface area contributed by atoms with Gasteiger partial charge in [-0.05, 0) is 29.8 Å². The lowest BCUT2D eigenvalue weighted by Gasteiger charge is -2.16. The normalized spacial score (nSPS) is 12.2. The van der Waals surface area contributed by atoms with Gasteiger partial charge in [-0.25, -0.2) is 9.18 Å². The average molecular weight is 344 g/mol. The number of methoxy groups -OCH3 is 1. The fraction of sp³-hybridized carbons (Fsp3) is 0.222. The highest BCUT2D eigenvalue weighted by atomic mass is 19.1. The number of nitrogens with one attached hydrogen (secondary N) is 1. The van der Waals surface area contributed by atoms with Crippen LogP contribution in [-0.4, -0.2) is 24.1 Å². The molecule has 3 rings (SSSR count). The van der Waals surface area contributed by atoms with Gasteiger partial charge in [0.15, 0.2) is 5.58 Å². The van der Waals surface area contributed by atoms with Gasteiger partial charge < -0.3 is 14.5 Å². The van der Waals surface area contributed by atoms with Gasteiger partial charge in [0.2, 0.25) is 5.91 Å². The lowest BCUT2D eigenvalue weighted by molar-refractivity contribution is -0.122. The molecule has 0 saturated carbocycles. The third-order valence-electron chi connectivity index (χ3n) is 3.87. The number of fused-ring (bicyclic) bond motifs is 1. The van der Waals surface area contributed by atoms with E-state index >= 15 is 0 Å². The lowest BCUT2D eigenvalue weighted by atomic mass is 10.1. The van der Waals surface area contributed by atoms with Gasteiger partial charge in [0.1, 0.15) is 12.4 Å². The number of aromatic nitrogens is 1. The van der Waals surface area contributed by atoms with E-state index < -0.39 is 11.9 Å². The molecular weight excluding hydrogens is 327 g/mol. The van der Waals surface area contributed by atoms with Gasteiger partial charge in [0, 0.05) is 13.7 Å². The lowest BCUT2D eigenvalue weighted by Crippen LogP contribution is -2.34. The number of ether oxygens (including phenoxy) is 1. The van der Waals surface area contributed by atoms with Crippen LogP contribution in [0.15, 0.2) is 57.7 Å². The van der Waals surface area contributed by atoms with Crippen LogP contribution in [0.5, 0.6) is 0 Å². The summed E-state index contributed by atoms with van der Waals surface area (Å²) in [6, 6.07) is 12.9. The predicted octanol–water partition coefficient (Wildman–Crippen LogP) is 2.24. The van der Waals surface area contributed by atoms with Gasteiger partial charge in [-0.15, -0.1) is 0 Å². The van der Waals surface area contributed by atoms with Crippen LogP contribution in [-0.2, 0) is 16.1 Å². The Balaban J connectivity index is 1.68. The third-order valence-corrected chi connectivity index (χ3v) is 3.87. The van der Waals surface area contributed by atoms with Crippen LogP contribution in [0.2, 0.25) is 0 Å². The van der Waals surface area contributed by atoms with Gasteiger partial charge in [-0.2, -0.15) is 0 Å². The summed E-state index contributed by atoms with van der Waals surface area (Å²) in [6.45, 7) is -0.0151. The summed E-state index contributed by atoms with van der Waals surface area (Å²) >= 11 is 0. The second-order valence-corrected chi connectivity index (χ2v) is 5.51. The second-order valence-electron chi connectivity index (χ2n) is 5.51. The summed E-state index contributed by atoms with van der Waals surface area (Å²) in [6.07, 6.45) is -0.488. The predicted molar refractivity (Wildman–Crippen MR) is 89.6 cm³/mol. The molecule has 2 aromatic carbocycles. The molecule has 1 heterocycles. The second kappa shape index (κ2) is 7.31. The Morgan fingerprint density at radius 1 is 1.28 bits per heavy atom. The molecule has 1 atom stereocenters. The van der Waals surface area contributed by atoms with Crippen molar-refractivity contribution >= 4 is 17.0 Å². The van der Waals surface area contributed by atoms with Gasteiger partial charge in [0.25, 0.3) is 0 Å². The van der Waals surface area contributed by atoms with Crippen molar-refractivity contribution in [3.63, 3.8) is 0 Å². The summed E-state index contributed by atoms with van der Waals surface area (Å²) < 4.78 is 25.0.